The van der Waals surface area contributed by atoms with Crippen LogP contribution in [-0.4, -0.2) is 20.8 Å². The Labute approximate surface area is 117 Å². The van der Waals surface area contributed by atoms with E-state index in [-0.39, 0.29) is 6.10 Å². The minimum atomic E-state index is 0.178. The van der Waals surface area contributed by atoms with Gasteiger partial charge in [0.05, 0.1) is 12.6 Å². The molecule has 1 aromatic carbocycles. The summed E-state index contributed by atoms with van der Waals surface area (Å²) < 4.78 is 12.8. The lowest BCUT2D eigenvalue weighted by Gasteiger charge is -2.09. The molecule has 0 amide bonds. The molecule has 0 saturated heterocycles. The van der Waals surface area contributed by atoms with Crippen molar-refractivity contribution in [3.8, 4) is 5.75 Å². The topological polar surface area (TPSA) is 53.1 Å². The number of nitrogens with zero attached hydrogens (tertiary/aromatic N) is 3. The fourth-order valence-corrected chi connectivity index (χ4v) is 2.22. The van der Waals surface area contributed by atoms with Gasteiger partial charge < -0.3 is 13.8 Å². The van der Waals surface area contributed by atoms with E-state index in [0.717, 1.165) is 16.7 Å². The Hall–Kier alpha value is -2.30. The van der Waals surface area contributed by atoms with Crippen LogP contribution >= 0.6 is 0 Å². The van der Waals surface area contributed by atoms with Crippen molar-refractivity contribution in [2.45, 2.75) is 33.4 Å². The molecule has 3 rings (SSSR count). The van der Waals surface area contributed by atoms with E-state index in [9.17, 15) is 0 Å². The number of hydrogen-bond donors (Lipinski definition) is 0. The molecule has 2 aromatic heterocycles. The van der Waals surface area contributed by atoms with E-state index in [1.54, 1.807) is 6.92 Å². The number of rotatable bonds is 4. The van der Waals surface area contributed by atoms with Crippen molar-refractivity contribution in [3.05, 3.63) is 42.2 Å². The van der Waals surface area contributed by atoms with Gasteiger partial charge in [0.25, 0.3) is 0 Å². The van der Waals surface area contributed by atoms with Gasteiger partial charge in [-0.05, 0) is 38.1 Å². The van der Waals surface area contributed by atoms with Crippen molar-refractivity contribution in [3.63, 3.8) is 0 Å². The quantitative estimate of drug-likeness (QED) is 0.731. The van der Waals surface area contributed by atoms with Crippen molar-refractivity contribution in [1.29, 1.82) is 0 Å². The van der Waals surface area contributed by atoms with Crippen LogP contribution in [0.25, 0.3) is 10.9 Å². The lowest BCUT2D eigenvalue weighted by atomic mass is 10.2. The molecule has 0 N–H and O–H groups in total. The van der Waals surface area contributed by atoms with Crippen LogP contribution in [0.3, 0.4) is 0 Å². The third kappa shape index (κ3) is 2.52. The van der Waals surface area contributed by atoms with E-state index in [1.807, 2.05) is 32.2 Å². The Morgan fingerprint density at radius 1 is 1.30 bits per heavy atom. The highest BCUT2D eigenvalue weighted by Gasteiger charge is 2.07. The molecule has 104 valence electrons. The first-order valence-corrected chi connectivity index (χ1v) is 6.66. The van der Waals surface area contributed by atoms with Gasteiger partial charge in [0.2, 0.25) is 5.89 Å². The Kier molecular flexibility index (Phi) is 3.18. The molecular formula is C15H17N3O2. The lowest BCUT2D eigenvalue weighted by Crippen LogP contribution is -2.05. The number of hydrogen-bond acceptors (Lipinski definition) is 4. The Morgan fingerprint density at radius 3 is 2.85 bits per heavy atom. The fraction of sp³-hybridized carbons (Fsp3) is 0.333. The minimum absolute atomic E-state index is 0.178. The zero-order chi connectivity index (χ0) is 14.1. The molecule has 0 saturated carbocycles. The van der Waals surface area contributed by atoms with Gasteiger partial charge in [0, 0.05) is 24.0 Å². The van der Waals surface area contributed by atoms with Crippen molar-refractivity contribution < 1.29 is 9.26 Å². The maximum atomic E-state index is 5.70. The van der Waals surface area contributed by atoms with E-state index >= 15 is 0 Å². The monoisotopic (exact) mass is 271 g/mol. The van der Waals surface area contributed by atoms with Crippen LogP contribution in [0.4, 0.5) is 0 Å². The fourth-order valence-electron chi connectivity index (χ4n) is 2.22. The van der Waals surface area contributed by atoms with Crippen LogP contribution < -0.4 is 4.74 Å². The SMILES string of the molecule is Cc1nc(Cn2ccc3cc(OC(C)C)ccc32)no1. The molecule has 20 heavy (non-hydrogen) atoms. The number of aryl methyl sites for hydroxylation is 1. The van der Waals surface area contributed by atoms with E-state index in [2.05, 4.69) is 26.8 Å². The molecule has 0 bridgehead atoms. The van der Waals surface area contributed by atoms with Crippen LogP contribution in [-0.2, 0) is 6.54 Å². The third-order valence-corrected chi connectivity index (χ3v) is 3.00. The summed E-state index contributed by atoms with van der Waals surface area (Å²) >= 11 is 0. The Morgan fingerprint density at radius 2 is 2.15 bits per heavy atom. The van der Waals surface area contributed by atoms with Crippen molar-refractivity contribution in [2.75, 3.05) is 0 Å². The first kappa shape index (κ1) is 12.7. The van der Waals surface area contributed by atoms with Gasteiger partial charge >= 0.3 is 0 Å². The second kappa shape index (κ2) is 5.00. The molecule has 0 aliphatic rings. The largest absolute Gasteiger partial charge is 0.491 e. The van der Waals surface area contributed by atoms with E-state index < -0.39 is 0 Å². The van der Waals surface area contributed by atoms with E-state index in [1.165, 1.54) is 0 Å². The van der Waals surface area contributed by atoms with Gasteiger partial charge in [-0.15, -0.1) is 0 Å². The van der Waals surface area contributed by atoms with E-state index in [4.69, 9.17) is 9.26 Å². The second-order valence-corrected chi connectivity index (χ2v) is 5.06. The molecular weight excluding hydrogens is 254 g/mol. The normalized spacial score (nSPS) is 11.4. The summed E-state index contributed by atoms with van der Waals surface area (Å²) in [6.45, 7) is 6.44. The van der Waals surface area contributed by atoms with Gasteiger partial charge in [-0.25, -0.2) is 0 Å². The van der Waals surface area contributed by atoms with Crippen LogP contribution in [0.15, 0.2) is 35.0 Å². The zero-order valence-corrected chi connectivity index (χ0v) is 11.8. The number of benzene rings is 1. The highest BCUT2D eigenvalue weighted by Crippen LogP contribution is 2.23. The zero-order valence-electron chi connectivity index (χ0n) is 11.8. The number of ether oxygens (including phenoxy) is 1. The molecule has 0 unspecified atom stereocenters. The molecule has 3 aromatic rings. The number of aromatic nitrogens is 3. The predicted molar refractivity (Wildman–Crippen MR) is 75.8 cm³/mol. The number of fused-ring (bicyclic) bond motifs is 1. The maximum absolute atomic E-state index is 5.70. The van der Waals surface area contributed by atoms with Crippen LogP contribution in [0.1, 0.15) is 25.6 Å². The minimum Gasteiger partial charge on any atom is -0.491 e. The predicted octanol–water partition coefficient (Wildman–Crippen LogP) is 3.17. The highest BCUT2D eigenvalue weighted by molar-refractivity contribution is 5.81. The van der Waals surface area contributed by atoms with Gasteiger partial charge in [-0.1, -0.05) is 5.16 Å². The average Bonchev–Trinajstić information content (AvgIpc) is 2.96. The summed E-state index contributed by atoms with van der Waals surface area (Å²) in [7, 11) is 0. The molecule has 0 atom stereocenters. The van der Waals surface area contributed by atoms with Gasteiger partial charge in [-0.3, -0.25) is 0 Å². The molecule has 5 nitrogen and oxygen atoms in total. The highest BCUT2D eigenvalue weighted by atomic mass is 16.5. The summed E-state index contributed by atoms with van der Waals surface area (Å²) in [5, 5.41) is 5.06. The summed E-state index contributed by atoms with van der Waals surface area (Å²) in [5.41, 5.74) is 1.13. The summed E-state index contributed by atoms with van der Waals surface area (Å²) in [6, 6.07) is 8.16. The first-order valence-electron chi connectivity index (χ1n) is 6.66. The standard InChI is InChI=1S/C15H17N3O2/c1-10(2)19-13-4-5-14-12(8-13)6-7-18(14)9-15-16-11(3)20-17-15/h4-8,10H,9H2,1-3H3. The second-order valence-electron chi connectivity index (χ2n) is 5.06. The van der Waals surface area contributed by atoms with E-state index in [0.29, 0.717) is 18.3 Å². The van der Waals surface area contributed by atoms with Gasteiger partial charge in [-0.2, -0.15) is 4.98 Å². The van der Waals surface area contributed by atoms with Crippen LogP contribution in [0.5, 0.6) is 5.75 Å². The summed E-state index contributed by atoms with van der Waals surface area (Å²) in [5.74, 6) is 2.16. The molecule has 5 heteroatoms. The van der Waals surface area contributed by atoms with Crippen molar-refractivity contribution >= 4 is 10.9 Å². The molecule has 0 aliphatic carbocycles. The molecule has 0 fully saturated rings. The van der Waals surface area contributed by atoms with Gasteiger partial charge in [0.15, 0.2) is 5.82 Å². The smallest absolute Gasteiger partial charge is 0.223 e. The van der Waals surface area contributed by atoms with Crippen LogP contribution in [0, 0.1) is 6.92 Å². The molecule has 0 spiro atoms. The van der Waals surface area contributed by atoms with Gasteiger partial charge in [0.1, 0.15) is 5.75 Å². The molecule has 2 heterocycles. The summed E-state index contributed by atoms with van der Waals surface area (Å²) in [4.78, 5) is 4.23. The maximum Gasteiger partial charge on any atom is 0.223 e. The van der Waals surface area contributed by atoms with Crippen molar-refractivity contribution in [2.24, 2.45) is 0 Å². The van der Waals surface area contributed by atoms with Crippen molar-refractivity contribution in [1.82, 2.24) is 14.7 Å². The lowest BCUT2D eigenvalue weighted by molar-refractivity contribution is 0.243. The summed E-state index contributed by atoms with van der Waals surface area (Å²) in [6.07, 6.45) is 2.20. The molecule has 0 radical (unpaired) electrons. The first-order chi connectivity index (χ1) is 9.61. The Bertz CT molecular complexity index is 728. The Balaban J connectivity index is 1.89. The molecule has 0 aliphatic heterocycles. The third-order valence-electron chi connectivity index (χ3n) is 3.00. The van der Waals surface area contributed by atoms with Crippen LogP contribution in [0.2, 0.25) is 0 Å². The average molecular weight is 271 g/mol.